The lowest BCUT2D eigenvalue weighted by atomic mass is 10.1. The molecule has 1 heterocycles. The zero-order valence-electron chi connectivity index (χ0n) is 9.95. The number of rotatable bonds is 2. The van der Waals surface area contributed by atoms with Crippen LogP contribution >= 0.6 is 15.9 Å². The van der Waals surface area contributed by atoms with Crippen LogP contribution in [0.1, 0.15) is 17.3 Å². The van der Waals surface area contributed by atoms with Crippen LogP contribution in [-0.2, 0) is 4.74 Å². The maximum atomic E-state index is 13.8. The normalized spacial score (nSPS) is 19.9. The van der Waals surface area contributed by atoms with Crippen molar-refractivity contribution < 1.29 is 13.9 Å². The molecule has 0 aliphatic carbocycles. The minimum Gasteiger partial charge on any atom is -0.375 e. The van der Waals surface area contributed by atoms with E-state index in [1.807, 2.05) is 11.8 Å². The van der Waals surface area contributed by atoms with Gasteiger partial charge in [-0.3, -0.25) is 4.79 Å². The number of nitrogens with two attached hydrogens (primary N) is 1. The molecule has 1 unspecified atom stereocenters. The van der Waals surface area contributed by atoms with E-state index in [0.717, 1.165) is 0 Å². The van der Waals surface area contributed by atoms with Crippen molar-refractivity contribution >= 4 is 27.5 Å². The molecule has 0 aromatic heterocycles. The maximum Gasteiger partial charge on any atom is 0.253 e. The Bertz CT molecular complexity index is 481. The summed E-state index contributed by atoms with van der Waals surface area (Å²) in [5, 5.41) is 0. The van der Waals surface area contributed by atoms with E-state index in [4.69, 9.17) is 10.5 Å². The van der Waals surface area contributed by atoms with Gasteiger partial charge in [-0.05, 0) is 19.1 Å². The molecule has 0 radical (unpaired) electrons. The SMILES string of the molecule is CC1CN(c2cc(Br)cc(F)c2C(N)=O)CCO1. The van der Waals surface area contributed by atoms with Crippen molar-refractivity contribution in [2.75, 3.05) is 24.6 Å². The molecule has 2 rings (SSSR count). The van der Waals surface area contributed by atoms with Gasteiger partial charge in [-0.15, -0.1) is 0 Å². The molecule has 1 saturated heterocycles. The molecule has 1 aliphatic heterocycles. The number of carbonyl (C=O) groups is 1. The van der Waals surface area contributed by atoms with Gasteiger partial charge >= 0.3 is 0 Å². The fourth-order valence-corrected chi connectivity index (χ4v) is 2.51. The second-order valence-corrected chi connectivity index (χ2v) is 5.19. The van der Waals surface area contributed by atoms with Crippen LogP contribution in [0.3, 0.4) is 0 Å². The molecule has 1 amide bonds. The first-order valence-corrected chi connectivity index (χ1v) is 6.43. The van der Waals surface area contributed by atoms with Gasteiger partial charge in [0.1, 0.15) is 5.82 Å². The van der Waals surface area contributed by atoms with Gasteiger partial charge in [0.15, 0.2) is 0 Å². The van der Waals surface area contributed by atoms with Crippen LogP contribution in [0.15, 0.2) is 16.6 Å². The number of morpholine rings is 1. The lowest BCUT2D eigenvalue weighted by Crippen LogP contribution is -2.42. The van der Waals surface area contributed by atoms with E-state index in [2.05, 4.69) is 15.9 Å². The molecule has 1 fully saturated rings. The average Bonchev–Trinajstić information content (AvgIpc) is 2.27. The Balaban J connectivity index is 2.44. The summed E-state index contributed by atoms with van der Waals surface area (Å²) in [5.74, 6) is -1.36. The minimum absolute atomic E-state index is 0.0431. The van der Waals surface area contributed by atoms with E-state index < -0.39 is 11.7 Å². The summed E-state index contributed by atoms with van der Waals surface area (Å²) in [6, 6.07) is 2.95. The Labute approximate surface area is 113 Å². The number of amides is 1. The predicted octanol–water partition coefficient (Wildman–Crippen LogP) is 1.91. The summed E-state index contributed by atoms with van der Waals surface area (Å²) < 4.78 is 19.8. The van der Waals surface area contributed by atoms with Gasteiger partial charge in [0, 0.05) is 17.6 Å². The van der Waals surface area contributed by atoms with Crippen molar-refractivity contribution in [2.45, 2.75) is 13.0 Å². The highest BCUT2D eigenvalue weighted by atomic mass is 79.9. The van der Waals surface area contributed by atoms with Gasteiger partial charge in [0.2, 0.25) is 0 Å². The van der Waals surface area contributed by atoms with Crippen LogP contribution in [0.2, 0.25) is 0 Å². The Morgan fingerprint density at radius 3 is 2.94 bits per heavy atom. The van der Waals surface area contributed by atoms with Gasteiger partial charge in [-0.1, -0.05) is 15.9 Å². The highest BCUT2D eigenvalue weighted by molar-refractivity contribution is 9.10. The topological polar surface area (TPSA) is 55.6 Å². The highest BCUT2D eigenvalue weighted by Gasteiger charge is 2.24. The van der Waals surface area contributed by atoms with E-state index in [-0.39, 0.29) is 11.7 Å². The molecule has 0 saturated carbocycles. The van der Waals surface area contributed by atoms with Crippen LogP contribution in [-0.4, -0.2) is 31.7 Å². The van der Waals surface area contributed by atoms with Crippen molar-refractivity contribution in [3.05, 3.63) is 28.0 Å². The second-order valence-electron chi connectivity index (χ2n) is 4.27. The van der Waals surface area contributed by atoms with E-state index in [9.17, 15) is 9.18 Å². The summed E-state index contributed by atoms with van der Waals surface area (Å²) in [4.78, 5) is 13.3. The molecular weight excluding hydrogens is 303 g/mol. The number of halogens is 2. The van der Waals surface area contributed by atoms with E-state index in [0.29, 0.717) is 29.9 Å². The summed E-state index contributed by atoms with van der Waals surface area (Å²) in [6.45, 7) is 3.70. The van der Waals surface area contributed by atoms with Crippen molar-refractivity contribution in [3.8, 4) is 0 Å². The quantitative estimate of drug-likeness (QED) is 0.906. The van der Waals surface area contributed by atoms with Crippen LogP contribution in [0, 0.1) is 5.82 Å². The number of benzene rings is 1. The van der Waals surface area contributed by atoms with Crippen LogP contribution < -0.4 is 10.6 Å². The fourth-order valence-electron chi connectivity index (χ4n) is 2.09. The van der Waals surface area contributed by atoms with Crippen LogP contribution in [0.5, 0.6) is 0 Å². The third-order valence-corrected chi connectivity index (χ3v) is 3.32. The maximum absolute atomic E-state index is 13.8. The number of hydrogen-bond donors (Lipinski definition) is 1. The predicted molar refractivity (Wildman–Crippen MR) is 70.2 cm³/mol. The van der Waals surface area contributed by atoms with Crippen molar-refractivity contribution in [3.63, 3.8) is 0 Å². The Hall–Kier alpha value is -1.14. The molecular formula is C12H14BrFN2O2. The van der Waals surface area contributed by atoms with Crippen LogP contribution in [0.25, 0.3) is 0 Å². The first kappa shape index (κ1) is 13.3. The number of ether oxygens (including phenoxy) is 1. The Morgan fingerprint density at radius 1 is 1.61 bits per heavy atom. The molecule has 0 spiro atoms. The number of carbonyl (C=O) groups excluding carboxylic acids is 1. The second kappa shape index (κ2) is 5.24. The van der Waals surface area contributed by atoms with E-state index >= 15 is 0 Å². The van der Waals surface area contributed by atoms with Gasteiger partial charge in [-0.25, -0.2) is 4.39 Å². The molecule has 1 aromatic carbocycles. The molecule has 1 atom stereocenters. The van der Waals surface area contributed by atoms with Gasteiger partial charge in [-0.2, -0.15) is 0 Å². The van der Waals surface area contributed by atoms with Gasteiger partial charge in [0.25, 0.3) is 5.91 Å². The average molecular weight is 317 g/mol. The molecule has 2 N–H and O–H groups in total. The summed E-state index contributed by atoms with van der Waals surface area (Å²) in [7, 11) is 0. The molecule has 1 aliphatic rings. The number of hydrogen-bond acceptors (Lipinski definition) is 3. The molecule has 4 nitrogen and oxygen atoms in total. The Morgan fingerprint density at radius 2 is 2.33 bits per heavy atom. The largest absolute Gasteiger partial charge is 0.375 e. The van der Waals surface area contributed by atoms with E-state index in [1.54, 1.807) is 6.07 Å². The minimum atomic E-state index is -0.755. The molecule has 0 bridgehead atoms. The number of nitrogens with zero attached hydrogens (tertiary/aromatic N) is 1. The molecule has 6 heteroatoms. The smallest absolute Gasteiger partial charge is 0.253 e. The first-order chi connectivity index (χ1) is 8.49. The highest BCUT2D eigenvalue weighted by Crippen LogP contribution is 2.29. The molecule has 98 valence electrons. The lowest BCUT2D eigenvalue weighted by Gasteiger charge is -2.34. The molecule has 1 aromatic rings. The standard InChI is InChI=1S/C12H14BrFN2O2/c1-7-6-16(2-3-18-7)10-5-8(13)4-9(14)11(10)12(15)17/h4-5,7H,2-3,6H2,1H3,(H2,15,17). The van der Waals surface area contributed by atoms with Crippen molar-refractivity contribution in [1.82, 2.24) is 0 Å². The summed E-state index contributed by atoms with van der Waals surface area (Å²) in [6.07, 6.45) is 0.0431. The van der Waals surface area contributed by atoms with Crippen LogP contribution in [0.4, 0.5) is 10.1 Å². The first-order valence-electron chi connectivity index (χ1n) is 5.64. The number of anilines is 1. The zero-order chi connectivity index (χ0) is 13.3. The van der Waals surface area contributed by atoms with E-state index in [1.165, 1.54) is 6.07 Å². The van der Waals surface area contributed by atoms with Crippen molar-refractivity contribution in [2.24, 2.45) is 5.73 Å². The third-order valence-electron chi connectivity index (χ3n) is 2.86. The van der Waals surface area contributed by atoms with Gasteiger partial charge < -0.3 is 15.4 Å². The monoisotopic (exact) mass is 316 g/mol. The van der Waals surface area contributed by atoms with Crippen molar-refractivity contribution in [1.29, 1.82) is 0 Å². The lowest BCUT2D eigenvalue weighted by molar-refractivity contribution is 0.0531. The number of primary amides is 1. The summed E-state index contributed by atoms with van der Waals surface area (Å²) >= 11 is 3.23. The Kier molecular flexibility index (Phi) is 3.87. The van der Waals surface area contributed by atoms with Gasteiger partial charge in [0.05, 0.1) is 24.0 Å². The molecule has 18 heavy (non-hydrogen) atoms. The summed E-state index contributed by atoms with van der Waals surface area (Å²) in [5.41, 5.74) is 5.71. The fraction of sp³-hybridized carbons (Fsp3) is 0.417. The zero-order valence-corrected chi connectivity index (χ0v) is 11.5. The third kappa shape index (κ3) is 2.64.